The molecule has 2 aromatic heterocycles. The standard InChI is InChI=1S/C17H13F3N4O3S/c18-10-6-9(2-1-3-24-28(26)27)15(19)14(16(10)20)17(25)12-7-11-13(8-23-12)22-5-4-21-11/h4-8,24H,1-3H2,(H,26,27)/p-1. The lowest BCUT2D eigenvalue weighted by Gasteiger charge is -2.11. The normalized spacial score (nSPS) is 12.3. The summed E-state index contributed by atoms with van der Waals surface area (Å²) >= 11 is -2.49. The summed E-state index contributed by atoms with van der Waals surface area (Å²) in [5.74, 6) is -5.36. The smallest absolute Gasteiger partial charge is 0.217 e. The summed E-state index contributed by atoms with van der Waals surface area (Å²) in [6.45, 7) is -0.0251. The van der Waals surface area contributed by atoms with E-state index in [4.69, 9.17) is 0 Å². The molecule has 146 valence electrons. The van der Waals surface area contributed by atoms with Crippen molar-refractivity contribution in [3.63, 3.8) is 0 Å². The molecule has 1 unspecified atom stereocenters. The average Bonchev–Trinajstić information content (AvgIpc) is 2.68. The molecule has 28 heavy (non-hydrogen) atoms. The van der Waals surface area contributed by atoms with Crippen molar-refractivity contribution in [3.05, 3.63) is 65.0 Å². The molecule has 1 atom stereocenters. The van der Waals surface area contributed by atoms with E-state index in [1.807, 2.05) is 0 Å². The number of aromatic nitrogens is 3. The second-order valence-electron chi connectivity index (χ2n) is 5.70. The lowest BCUT2D eigenvalue weighted by Crippen LogP contribution is -2.19. The van der Waals surface area contributed by atoms with Gasteiger partial charge in [0.05, 0.1) is 17.3 Å². The lowest BCUT2D eigenvalue weighted by atomic mass is 9.99. The zero-order valence-electron chi connectivity index (χ0n) is 14.1. The minimum absolute atomic E-state index is 0.0251. The molecule has 11 heteroatoms. The Morgan fingerprint density at radius 2 is 1.79 bits per heavy atom. The molecule has 1 aromatic carbocycles. The maximum absolute atomic E-state index is 14.7. The molecule has 0 saturated carbocycles. The van der Waals surface area contributed by atoms with Gasteiger partial charge >= 0.3 is 0 Å². The van der Waals surface area contributed by atoms with E-state index >= 15 is 0 Å². The first kappa shape index (κ1) is 20.0. The lowest BCUT2D eigenvalue weighted by molar-refractivity contribution is 0.102. The molecule has 0 aliphatic heterocycles. The van der Waals surface area contributed by atoms with Gasteiger partial charge in [-0.2, -0.15) is 0 Å². The number of carbonyl (C=O) groups excluding carboxylic acids is 1. The van der Waals surface area contributed by atoms with E-state index in [1.54, 1.807) is 0 Å². The Balaban J connectivity index is 1.94. The van der Waals surface area contributed by atoms with Crippen LogP contribution in [0.25, 0.3) is 11.0 Å². The van der Waals surface area contributed by atoms with Crippen molar-refractivity contribution in [2.45, 2.75) is 12.8 Å². The van der Waals surface area contributed by atoms with Gasteiger partial charge in [0.2, 0.25) is 5.78 Å². The van der Waals surface area contributed by atoms with Crippen LogP contribution in [0, 0.1) is 17.5 Å². The number of rotatable bonds is 7. The van der Waals surface area contributed by atoms with Crippen molar-refractivity contribution in [2.24, 2.45) is 0 Å². The maximum atomic E-state index is 14.7. The van der Waals surface area contributed by atoms with E-state index in [0.29, 0.717) is 11.6 Å². The number of carbonyl (C=O) groups is 1. The van der Waals surface area contributed by atoms with Crippen molar-refractivity contribution in [1.29, 1.82) is 0 Å². The number of ketones is 1. The van der Waals surface area contributed by atoms with Crippen molar-refractivity contribution >= 4 is 28.1 Å². The molecular weight excluding hydrogens is 397 g/mol. The van der Waals surface area contributed by atoms with Crippen LogP contribution in [0.2, 0.25) is 0 Å². The number of hydrogen-bond donors (Lipinski definition) is 1. The van der Waals surface area contributed by atoms with E-state index in [1.165, 1.54) is 24.7 Å². The Labute approximate surface area is 159 Å². The predicted octanol–water partition coefficient (Wildman–Crippen LogP) is 1.99. The van der Waals surface area contributed by atoms with E-state index in [2.05, 4.69) is 19.7 Å². The van der Waals surface area contributed by atoms with Crippen molar-refractivity contribution < 1.29 is 26.7 Å². The van der Waals surface area contributed by atoms with Crippen molar-refractivity contribution in [1.82, 2.24) is 19.7 Å². The van der Waals surface area contributed by atoms with Crippen LogP contribution in [0.5, 0.6) is 0 Å². The van der Waals surface area contributed by atoms with Gasteiger partial charge in [-0.05, 0) is 30.5 Å². The molecule has 0 amide bonds. The number of aryl methyl sites for hydroxylation is 1. The highest BCUT2D eigenvalue weighted by molar-refractivity contribution is 7.77. The van der Waals surface area contributed by atoms with Gasteiger partial charge in [-0.15, -0.1) is 0 Å². The molecule has 3 rings (SSSR count). The summed E-state index contributed by atoms with van der Waals surface area (Å²) in [5.41, 5.74) is -0.962. The number of hydrogen-bond acceptors (Lipinski definition) is 6. The Morgan fingerprint density at radius 1 is 1.07 bits per heavy atom. The minimum Gasteiger partial charge on any atom is -0.760 e. The number of nitrogens with one attached hydrogen (secondary N) is 1. The number of halogens is 3. The quantitative estimate of drug-likeness (QED) is 0.277. The molecule has 1 N–H and O–H groups in total. The van der Waals surface area contributed by atoms with E-state index < -0.39 is 40.1 Å². The fourth-order valence-corrected chi connectivity index (χ4v) is 2.90. The molecule has 7 nitrogen and oxygen atoms in total. The summed E-state index contributed by atoms with van der Waals surface area (Å²) in [5, 5.41) is 0. The van der Waals surface area contributed by atoms with Gasteiger partial charge in [-0.3, -0.25) is 24.0 Å². The highest BCUT2D eigenvalue weighted by Gasteiger charge is 2.26. The van der Waals surface area contributed by atoms with Crippen LogP contribution in [0.4, 0.5) is 13.2 Å². The fourth-order valence-electron chi connectivity index (χ4n) is 2.59. The maximum Gasteiger partial charge on any atom is 0.217 e. The molecule has 3 aromatic rings. The van der Waals surface area contributed by atoms with Crippen LogP contribution in [0.3, 0.4) is 0 Å². The first-order valence-electron chi connectivity index (χ1n) is 7.99. The second kappa shape index (κ2) is 8.50. The zero-order valence-corrected chi connectivity index (χ0v) is 14.9. The molecule has 0 aliphatic rings. The number of fused-ring (bicyclic) bond motifs is 1. The van der Waals surface area contributed by atoms with Gasteiger partial charge in [0.1, 0.15) is 17.0 Å². The third kappa shape index (κ3) is 4.21. The summed E-state index contributed by atoms with van der Waals surface area (Å²) < 4.78 is 65.8. The molecule has 0 fully saturated rings. The van der Waals surface area contributed by atoms with Gasteiger partial charge in [-0.1, -0.05) is 0 Å². The molecule has 0 spiro atoms. The molecule has 0 aliphatic carbocycles. The van der Waals surface area contributed by atoms with E-state index in [9.17, 15) is 26.7 Å². The second-order valence-corrected chi connectivity index (χ2v) is 6.45. The third-order valence-corrected chi connectivity index (χ3v) is 4.33. The van der Waals surface area contributed by atoms with Crippen LogP contribution in [0.15, 0.2) is 30.7 Å². The summed E-state index contributed by atoms with van der Waals surface area (Å²) in [7, 11) is 0. The molecule has 2 heterocycles. The summed E-state index contributed by atoms with van der Waals surface area (Å²) in [6, 6.07) is 1.86. The highest BCUT2D eigenvalue weighted by atomic mass is 32.2. The average molecular weight is 409 g/mol. The van der Waals surface area contributed by atoms with Crippen molar-refractivity contribution in [3.8, 4) is 0 Å². The molecular formula is C17H12F3N4O3S-. The van der Waals surface area contributed by atoms with Gasteiger partial charge in [0, 0.05) is 30.2 Å². The fraction of sp³-hybridized carbons (Fsp3) is 0.176. The van der Waals surface area contributed by atoms with Crippen molar-refractivity contribution in [2.75, 3.05) is 6.54 Å². The minimum atomic E-state index is -2.49. The first-order chi connectivity index (χ1) is 13.4. The zero-order chi connectivity index (χ0) is 20.3. The first-order valence-corrected chi connectivity index (χ1v) is 9.06. The largest absolute Gasteiger partial charge is 0.760 e. The monoisotopic (exact) mass is 409 g/mol. The molecule has 0 bridgehead atoms. The third-order valence-electron chi connectivity index (χ3n) is 3.89. The van der Waals surface area contributed by atoms with Gasteiger partial charge in [0.15, 0.2) is 11.6 Å². The summed E-state index contributed by atoms with van der Waals surface area (Å²) in [4.78, 5) is 24.4. The Bertz CT molecular complexity index is 1080. The topological polar surface area (TPSA) is 108 Å². The van der Waals surface area contributed by atoms with Gasteiger partial charge < -0.3 is 4.55 Å². The molecule has 0 saturated heterocycles. The Morgan fingerprint density at radius 3 is 2.50 bits per heavy atom. The van der Waals surface area contributed by atoms with Crippen LogP contribution in [0.1, 0.15) is 28.0 Å². The van der Waals surface area contributed by atoms with Crippen LogP contribution >= 0.6 is 0 Å². The Hall–Kier alpha value is -2.76. The van der Waals surface area contributed by atoms with Gasteiger partial charge in [0.25, 0.3) is 0 Å². The number of pyridine rings is 1. The van der Waals surface area contributed by atoms with Crippen LogP contribution < -0.4 is 4.72 Å². The van der Waals surface area contributed by atoms with E-state index in [0.717, 1.165) is 0 Å². The Kier molecular flexibility index (Phi) is 6.07. The van der Waals surface area contributed by atoms with Crippen LogP contribution in [-0.4, -0.2) is 36.0 Å². The highest BCUT2D eigenvalue weighted by Crippen LogP contribution is 2.24. The predicted molar refractivity (Wildman–Crippen MR) is 92.3 cm³/mol. The number of nitrogens with zero attached hydrogens (tertiary/aromatic N) is 3. The molecule has 0 radical (unpaired) electrons. The van der Waals surface area contributed by atoms with E-state index in [-0.39, 0.29) is 36.2 Å². The SMILES string of the molecule is O=C(c1cc2nccnc2cn1)c1c(F)c(F)cc(CCCNS(=O)[O-])c1F. The van der Waals surface area contributed by atoms with Crippen LogP contribution in [-0.2, 0) is 17.7 Å². The van der Waals surface area contributed by atoms with Gasteiger partial charge in [-0.25, -0.2) is 17.9 Å². The number of benzene rings is 1. The summed E-state index contributed by atoms with van der Waals surface area (Å²) in [6.07, 6.45) is 4.03.